The van der Waals surface area contributed by atoms with Gasteiger partial charge in [0.2, 0.25) is 0 Å². The molecule has 122 valence electrons. The maximum absolute atomic E-state index is 12.5. The van der Waals surface area contributed by atoms with Crippen molar-refractivity contribution in [2.45, 2.75) is 33.1 Å². The molecule has 0 bridgehead atoms. The molecule has 0 atom stereocenters. The van der Waals surface area contributed by atoms with Crippen molar-refractivity contribution >= 4 is 12.0 Å². The summed E-state index contributed by atoms with van der Waals surface area (Å²) in [5, 5.41) is 9.23. The van der Waals surface area contributed by atoms with Crippen LogP contribution in [0.15, 0.2) is 0 Å². The SMILES string of the molecule is CCN(CCCN(C)C)C(=O)N1CCC(C)(C(=O)O)CC1. The Morgan fingerprint density at radius 3 is 2.19 bits per heavy atom. The van der Waals surface area contributed by atoms with Gasteiger partial charge in [0.15, 0.2) is 0 Å². The number of hydrogen-bond donors (Lipinski definition) is 1. The van der Waals surface area contributed by atoms with Crippen LogP contribution in [0.1, 0.15) is 33.1 Å². The van der Waals surface area contributed by atoms with E-state index in [4.69, 9.17) is 0 Å². The standard InChI is InChI=1S/C15H29N3O3/c1-5-17(10-6-9-16(3)4)14(21)18-11-7-15(2,8-12-18)13(19)20/h5-12H2,1-4H3,(H,19,20). The average Bonchev–Trinajstić information content (AvgIpc) is 2.43. The van der Waals surface area contributed by atoms with Gasteiger partial charge in [-0.3, -0.25) is 4.79 Å². The van der Waals surface area contributed by atoms with Crippen LogP contribution in [0.2, 0.25) is 0 Å². The number of nitrogens with zero attached hydrogens (tertiary/aromatic N) is 3. The number of likely N-dealkylation sites (tertiary alicyclic amines) is 1. The van der Waals surface area contributed by atoms with Crippen LogP contribution >= 0.6 is 0 Å². The normalized spacial score (nSPS) is 17.9. The highest BCUT2D eigenvalue weighted by atomic mass is 16.4. The molecule has 0 aromatic carbocycles. The molecule has 6 heteroatoms. The Labute approximate surface area is 127 Å². The van der Waals surface area contributed by atoms with E-state index in [0.29, 0.717) is 32.5 Å². The first-order valence-corrected chi connectivity index (χ1v) is 7.72. The topological polar surface area (TPSA) is 64.1 Å². The molecule has 0 aromatic rings. The van der Waals surface area contributed by atoms with Crippen LogP contribution in [-0.4, -0.2) is 78.6 Å². The van der Waals surface area contributed by atoms with Crippen molar-refractivity contribution in [1.29, 1.82) is 0 Å². The van der Waals surface area contributed by atoms with Gasteiger partial charge in [-0.05, 0) is 53.8 Å². The number of carboxylic acids is 1. The first-order valence-electron chi connectivity index (χ1n) is 7.72. The molecule has 0 spiro atoms. The molecule has 6 nitrogen and oxygen atoms in total. The van der Waals surface area contributed by atoms with Gasteiger partial charge in [0.05, 0.1) is 5.41 Å². The van der Waals surface area contributed by atoms with Gasteiger partial charge in [0, 0.05) is 26.2 Å². The maximum Gasteiger partial charge on any atom is 0.319 e. The van der Waals surface area contributed by atoms with E-state index in [1.165, 1.54) is 0 Å². The highest BCUT2D eigenvalue weighted by Crippen LogP contribution is 2.31. The fourth-order valence-corrected chi connectivity index (χ4v) is 2.57. The molecule has 0 aromatic heterocycles. The zero-order valence-electron chi connectivity index (χ0n) is 13.8. The van der Waals surface area contributed by atoms with Crippen LogP contribution in [-0.2, 0) is 4.79 Å². The van der Waals surface area contributed by atoms with E-state index in [1.807, 2.05) is 25.9 Å². The number of urea groups is 1. The first kappa shape index (κ1) is 17.8. The summed E-state index contributed by atoms with van der Waals surface area (Å²) in [6.45, 7) is 7.22. The van der Waals surface area contributed by atoms with Crippen molar-refractivity contribution in [1.82, 2.24) is 14.7 Å². The molecule has 2 amide bonds. The van der Waals surface area contributed by atoms with Crippen molar-refractivity contribution in [3.05, 3.63) is 0 Å². The monoisotopic (exact) mass is 299 g/mol. The second kappa shape index (κ2) is 7.64. The maximum atomic E-state index is 12.5. The van der Waals surface area contributed by atoms with Gasteiger partial charge in [-0.2, -0.15) is 0 Å². The molecule has 21 heavy (non-hydrogen) atoms. The fraction of sp³-hybridized carbons (Fsp3) is 0.867. The number of rotatable bonds is 6. The lowest BCUT2D eigenvalue weighted by molar-refractivity contribution is -0.150. The van der Waals surface area contributed by atoms with Crippen molar-refractivity contribution in [2.75, 3.05) is 46.8 Å². The van der Waals surface area contributed by atoms with Crippen molar-refractivity contribution in [3.63, 3.8) is 0 Å². The van der Waals surface area contributed by atoms with Gasteiger partial charge in [0.25, 0.3) is 0 Å². The van der Waals surface area contributed by atoms with Crippen LogP contribution in [0.4, 0.5) is 4.79 Å². The summed E-state index contributed by atoms with van der Waals surface area (Å²) in [5.41, 5.74) is -0.682. The van der Waals surface area contributed by atoms with Crippen LogP contribution < -0.4 is 0 Å². The molecule has 1 aliphatic rings. The van der Waals surface area contributed by atoms with Crippen LogP contribution in [0.3, 0.4) is 0 Å². The van der Waals surface area contributed by atoms with Crippen LogP contribution in [0.5, 0.6) is 0 Å². The summed E-state index contributed by atoms with van der Waals surface area (Å²) in [5.74, 6) is -0.757. The molecule has 1 rings (SSSR count). The Morgan fingerprint density at radius 1 is 1.19 bits per heavy atom. The van der Waals surface area contributed by atoms with Gasteiger partial charge in [-0.15, -0.1) is 0 Å². The molecule has 0 unspecified atom stereocenters. The highest BCUT2D eigenvalue weighted by Gasteiger charge is 2.38. The number of amides is 2. The summed E-state index contributed by atoms with van der Waals surface area (Å²) in [6, 6.07) is 0.0451. The van der Waals surface area contributed by atoms with Gasteiger partial charge < -0.3 is 19.8 Å². The molecule has 1 saturated heterocycles. The Bertz CT molecular complexity index is 363. The third kappa shape index (κ3) is 4.88. The van der Waals surface area contributed by atoms with E-state index in [2.05, 4.69) is 4.90 Å². The van der Waals surface area contributed by atoms with Gasteiger partial charge in [-0.1, -0.05) is 0 Å². The second-order valence-electron chi connectivity index (χ2n) is 6.37. The number of carboxylic acid groups (broad SMARTS) is 1. The Kier molecular flexibility index (Phi) is 6.45. The van der Waals surface area contributed by atoms with Gasteiger partial charge in [-0.25, -0.2) is 4.79 Å². The van der Waals surface area contributed by atoms with E-state index < -0.39 is 11.4 Å². The Balaban J connectivity index is 2.49. The molecule has 1 heterocycles. The number of hydrogen-bond acceptors (Lipinski definition) is 3. The second-order valence-corrected chi connectivity index (χ2v) is 6.37. The predicted octanol–water partition coefficient (Wildman–Crippen LogP) is 1.57. The third-order valence-corrected chi connectivity index (χ3v) is 4.34. The summed E-state index contributed by atoms with van der Waals surface area (Å²) in [7, 11) is 4.05. The van der Waals surface area contributed by atoms with E-state index in [-0.39, 0.29) is 6.03 Å². The van der Waals surface area contributed by atoms with Crippen molar-refractivity contribution < 1.29 is 14.7 Å². The lowest BCUT2D eigenvalue weighted by Gasteiger charge is -2.38. The Morgan fingerprint density at radius 2 is 1.76 bits per heavy atom. The van der Waals surface area contributed by atoms with E-state index >= 15 is 0 Å². The number of piperidine rings is 1. The molecule has 1 fully saturated rings. The van der Waals surface area contributed by atoms with Crippen molar-refractivity contribution in [2.24, 2.45) is 5.41 Å². The molecular weight excluding hydrogens is 270 g/mol. The van der Waals surface area contributed by atoms with E-state index in [1.54, 1.807) is 11.8 Å². The summed E-state index contributed by atoms with van der Waals surface area (Å²) in [4.78, 5) is 29.5. The molecule has 1 aliphatic heterocycles. The minimum absolute atomic E-state index is 0.0451. The van der Waals surface area contributed by atoms with Crippen LogP contribution in [0, 0.1) is 5.41 Å². The summed E-state index contributed by atoms with van der Waals surface area (Å²) >= 11 is 0. The third-order valence-electron chi connectivity index (χ3n) is 4.34. The molecule has 0 radical (unpaired) electrons. The lowest BCUT2D eigenvalue weighted by Crippen LogP contribution is -2.50. The quantitative estimate of drug-likeness (QED) is 0.808. The highest BCUT2D eigenvalue weighted by molar-refractivity contribution is 5.77. The molecule has 1 N–H and O–H groups in total. The molecule has 0 aliphatic carbocycles. The van der Waals surface area contributed by atoms with Crippen molar-refractivity contribution in [3.8, 4) is 0 Å². The Hall–Kier alpha value is -1.30. The predicted molar refractivity (Wildman–Crippen MR) is 82.4 cm³/mol. The minimum Gasteiger partial charge on any atom is -0.481 e. The fourth-order valence-electron chi connectivity index (χ4n) is 2.57. The van der Waals surface area contributed by atoms with Gasteiger partial charge in [0.1, 0.15) is 0 Å². The molecular formula is C15H29N3O3. The van der Waals surface area contributed by atoms with E-state index in [9.17, 15) is 14.7 Å². The first-order chi connectivity index (χ1) is 9.80. The zero-order chi connectivity index (χ0) is 16.0. The number of aliphatic carboxylic acids is 1. The molecule has 0 saturated carbocycles. The largest absolute Gasteiger partial charge is 0.481 e. The average molecular weight is 299 g/mol. The number of carbonyl (C=O) groups is 2. The lowest BCUT2D eigenvalue weighted by atomic mass is 9.80. The minimum atomic E-state index is -0.757. The zero-order valence-corrected chi connectivity index (χ0v) is 13.8. The van der Waals surface area contributed by atoms with Gasteiger partial charge >= 0.3 is 12.0 Å². The number of carbonyl (C=O) groups excluding carboxylic acids is 1. The van der Waals surface area contributed by atoms with Crippen LogP contribution in [0.25, 0.3) is 0 Å². The summed E-state index contributed by atoms with van der Waals surface area (Å²) < 4.78 is 0. The smallest absolute Gasteiger partial charge is 0.319 e. The van der Waals surface area contributed by atoms with E-state index in [0.717, 1.165) is 19.5 Å². The summed E-state index contributed by atoms with van der Waals surface area (Å²) in [6.07, 6.45) is 2.01.